The predicted octanol–water partition coefficient (Wildman–Crippen LogP) is 1.75. The van der Waals surface area contributed by atoms with E-state index >= 15 is 0 Å². The van der Waals surface area contributed by atoms with Crippen LogP contribution in [0.1, 0.15) is 12.0 Å². The van der Waals surface area contributed by atoms with Crippen molar-refractivity contribution in [2.45, 2.75) is 17.9 Å². The number of hydrogen-bond acceptors (Lipinski definition) is 3. The van der Waals surface area contributed by atoms with Crippen molar-refractivity contribution in [3.05, 3.63) is 40.9 Å². The summed E-state index contributed by atoms with van der Waals surface area (Å²) in [6.45, 7) is 1.22. The topological polar surface area (TPSA) is 63.4 Å². The van der Waals surface area contributed by atoms with Gasteiger partial charge < -0.3 is 5.73 Å². The third kappa shape index (κ3) is 2.59. The van der Waals surface area contributed by atoms with E-state index in [4.69, 9.17) is 17.3 Å². The molecule has 0 bridgehead atoms. The number of sulfonamides is 1. The van der Waals surface area contributed by atoms with E-state index in [1.807, 2.05) is 12.2 Å². The highest BCUT2D eigenvalue weighted by molar-refractivity contribution is 7.89. The van der Waals surface area contributed by atoms with E-state index in [9.17, 15) is 8.42 Å². The molecule has 0 fully saturated rings. The van der Waals surface area contributed by atoms with Crippen molar-refractivity contribution in [2.24, 2.45) is 5.73 Å². The van der Waals surface area contributed by atoms with Gasteiger partial charge in [-0.25, -0.2) is 8.42 Å². The van der Waals surface area contributed by atoms with Crippen molar-refractivity contribution in [2.75, 3.05) is 13.1 Å². The second-order valence-corrected chi connectivity index (χ2v) is 6.43. The Labute approximate surface area is 112 Å². The molecular formula is C12H15ClN2O2S. The summed E-state index contributed by atoms with van der Waals surface area (Å²) in [6, 6.07) is 4.69. The Morgan fingerprint density at radius 2 is 2.11 bits per heavy atom. The molecule has 1 aromatic carbocycles. The molecule has 0 saturated carbocycles. The standard InChI is InChI=1S/C12H15ClN2O2S/c13-12-8-11(5-4-10(12)9-14)18(16,17)15-6-2-1-3-7-15/h1-2,4-5,8H,3,6-7,9,14H2. The van der Waals surface area contributed by atoms with Crippen molar-refractivity contribution >= 4 is 21.6 Å². The van der Waals surface area contributed by atoms with E-state index in [0.29, 0.717) is 24.7 Å². The zero-order valence-electron chi connectivity index (χ0n) is 9.84. The zero-order chi connectivity index (χ0) is 13.2. The highest BCUT2D eigenvalue weighted by Gasteiger charge is 2.24. The van der Waals surface area contributed by atoms with Crippen LogP contribution < -0.4 is 5.73 Å². The van der Waals surface area contributed by atoms with Crippen molar-refractivity contribution in [3.8, 4) is 0 Å². The van der Waals surface area contributed by atoms with Gasteiger partial charge in [0, 0.05) is 24.7 Å². The molecule has 0 atom stereocenters. The average molecular weight is 287 g/mol. The molecule has 0 radical (unpaired) electrons. The Balaban J connectivity index is 2.35. The number of hydrogen-bond donors (Lipinski definition) is 1. The minimum Gasteiger partial charge on any atom is -0.326 e. The maximum atomic E-state index is 12.3. The van der Waals surface area contributed by atoms with Gasteiger partial charge in [-0.3, -0.25) is 0 Å². The summed E-state index contributed by atoms with van der Waals surface area (Å²) >= 11 is 6.00. The molecule has 1 heterocycles. The molecule has 0 aromatic heterocycles. The van der Waals surface area contributed by atoms with E-state index in [2.05, 4.69) is 0 Å². The first-order valence-electron chi connectivity index (χ1n) is 5.69. The zero-order valence-corrected chi connectivity index (χ0v) is 11.4. The van der Waals surface area contributed by atoms with Crippen LogP contribution in [0.5, 0.6) is 0 Å². The Morgan fingerprint density at radius 1 is 1.33 bits per heavy atom. The molecule has 2 rings (SSSR count). The van der Waals surface area contributed by atoms with Crippen LogP contribution in [0.4, 0.5) is 0 Å². The molecule has 18 heavy (non-hydrogen) atoms. The number of benzene rings is 1. The molecule has 1 aromatic rings. The molecule has 0 amide bonds. The minimum atomic E-state index is -3.45. The summed E-state index contributed by atoms with van der Waals surface area (Å²) in [5.41, 5.74) is 6.24. The lowest BCUT2D eigenvalue weighted by molar-refractivity contribution is 0.437. The summed E-state index contributed by atoms with van der Waals surface area (Å²) in [7, 11) is -3.45. The fourth-order valence-corrected chi connectivity index (χ4v) is 3.60. The Bertz CT molecular complexity index is 569. The van der Waals surface area contributed by atoms with Gasteiger partial charge in [-0.2, -0.15) is 4.31 Å². The molecule has 1 aliphatic rings. The minimum absolute atomic E-state index is 0.222. The second-order valence-electron chi connectivity index (χ2n) is 4.08. The van der Waals surface area contributed by atoms with Crippen LogP contribution in [0.25, 0.3) is 0 Å². The lowest BCUT2D eigenvalue weighted by Gasteiger charge is -2.23. The van der Waals surface area contributed by atoms with Crippen molar-refractivity contribution < 1.29 is 8.42 Å². The summed E-state index contributed by atoms with van der Waals surface area (Å²) in [4.78, 5) is 0.222. The lowest BCUT2D eigenvalue weighted by Crippen LogP contribution is -2.33. The van der Waals surface area contributed by atoms with Crippen LogP contribution in [0, 0.1) is 0 Å². The Morgan fingerprint density at radius 3 is 2.67 bits per heavy atom. The molecule has 2 N–H and O–H groups in total. The molecule has 0 aliphatic carbocycles. The van der Waals surface area contributed by atoms with Crippen LogP contribution in [-0.4, -0.2) is 25.8 Å². The first-order valence-corrected chi connectivity index (χ1v) is 7.51. The highest BCUT2D eigenvalue weighted by Crippen LogP contribution is 2.24. The quantitative estimate of drug-likeness (QED) is 0.861. The fourth-order valence-electron chi connectivity index (χ4n) is 1.84. The first-order chi connectivity index (χ1) is 8.55. The van der Waals surface area contributed by atoms with Gasteiger partial charge >= 0.3 is 0 Å². The summed E-state index contributed by atoms with van der Waals surface area (Å²) in [5.74, 6) is 0. The first kappa shape index (κ1) is 13.5. The van der Waals surface area contributed by atoms with Gasteiger partial charge in [-0.1, -0.05) is 29.8 Å². The van der Waals surface area contributed by atoms with E-state index in [-0.39, 0.29) is 4.90 Å². The fraction of sp³-hybridized carbons (Fsp3) is 0.333. The van der Waals surface area contributed by atoms with E-state index < -0.39 is 10.0 Å². The molecular weight excluding hydrogens is 272 g/mol. The highest BCUT2D eigenvalue weighted by atomic mass is 35.5. The normalized spacial score (nSPS) is 17.0. The smallest absolute Gasteiger partial charge is 0.243 e. The second kappa shape index (κ2) is 5.40. The number of rotatable bonds is 3. The van der Waals surface area contributed by atoms with Gasteiger partial charge in [0.05, 0.1) is 4.90 Å². The summed E-state index contributed by atoms with van der Waals surface area (Å²) in [6.07, 6.45) is 4.58. The maximum absolute atomic E-state index is 12.3. The van der Waals surface area contributed by atoms with Gasteiger partial charge in [-0.05, 0) is 24.1 Å². The SMILES string of the molecule is NCc1ccc(S(=O)(=O)N2CC=CCC2)cc1Cl. The van der Waals surface area contributed by atoms with Crippen LogP contribution in [-0.2, 0) is 16.6 Å². The van der Waals surface area contributed by atoms with Gasteiger partial charge in [0.1, 0.15) is 0 Å². The van der Waals surface area contributed by atoms with Gasteiger partial charge in [0.15, 0.2) is 0 Å². The van der Waals surface area contributed by atoms with Gasteiger partial charge in [0.25, 0.3) is 0 Å². The molecule has 0 saturated heterocycles. The average Bonchev–Trinajstić information content (AvgIpc) is 2.39. The molecule has 6 heteroatoms. The van der Waals surface area contributed by atoms with Crippen molar-refractivity contribution in [1.29, 1.82) is 0 Å². The van der Waals surface area contributed by atoms with Crippen LogP contribution >= 0.6 is 11.6 Å². The van der Waals surface area contributed by atoms with Crippen molar-refractivity contribution in [1.82, 2.24) is 4.31 Å². The van der Waals surface area contributed by atoms with E-state index in [1.165, 1.54) is 10.4 Å². The largest absolute Gasteiger partial charge is 0.326 e. The summed E-state index contributed by atoms with van der Waals surface area (Å²) < 4.78 is 26.1. The van der Waals surface area contributed by atoms with Gasteiger partial charge in [-0.15, -0.1) is 0 Å². The molecule has 0 spiro atoms. The molecule has 0 unspecified atom stereocenters. The lowest BCUT2D eigenvalue weighted by atomic mass is 10.2. The summed E-state index contributed by atoms with van der Waals surface area (Å²) in [5, 5.41) is 0.395. The third-order valence-corrected chi connectivity index (χ3v) is 5.12. The maximum Gasteiger partial charge on any atom is 0.243 e. The molecule has 1 aliphatic heterocycles. The van der Waals surface area contributed by atoms with E-state index in [0.717, 1.165) is 12.0 Å². The Hall–Kier alpha value is -0.880. The van der Waals surface area contributed by atoms with Crippen LogP contribution in [0.2, 0.25) is 5.02 Å². The number of nitrogens with zero attached hydrogens (tertiary/aromatic N) is 1. The van der Waals surface area contributed by atoms with Gasteiger partial charge in [0.2, 0.25) is 10.0 Å². The van der Waals surface area contributed by atoms with Crippen LogP contribution in [0.3, 0.4) is 0 Å². The molecule has 98 valence electrons. The third-order valence-electron chi connectivity index (χ3n) is 2.90. The number of halogens is 1. The monoisotopic (exact) mass is 286 g/mol. The molecule has 4 nitrogen and oxygen atoms in total. The predicted molar refractivity (Wildman–Crippen MR) is 71.9 cm³/mol. The Kier molecular flexibility index (Phi) is 4.07. The number of nitrogens with two attached hydrogens (primary N) is 1. The van der Waals surface area contributed by atoms with E-state index in [1.54, 1.807) is 12.1 Å². The van der Waals surface area contributed by atoms with Crippen LogP contribution in [0.15, 0.2) is 35.2 Å². The van der Waals surface area contributed by atoms with Crippen molar-refractivity contribution in [3.63, 3.8) is 0 Å².